The Balaban J connectivity index is 2.56. The standard InChI is InChI=1S/C12H10BrClN2/c1-7-8(2)16-12(14)11(15-7)9-3-5-10(13)6-4-9/h3-6H,1-2H3. The Hall–Kier alpha value is -0.930. The number of benzene rings is 1. The van der Waals surface area contributed by atoms with Gasteiger partial charge in [0.2, 0.25) is 0 Å². The predicted octanol–water partition coefficient (Wildman–Crippen LogP) is 4.18. The molecule has 16 heavy (non-hydrogen) atoms. The summed E-state index contributed by atoms with van der Waals surface area (Å²) in [5.41, 5.74) is 3.48. The van der Waals surface area contributed by atoms with E-state index in [1.165, 1.54) is 0 Å². The van der Waals surface area contributed by atoms with Gasteiger partial charge in [-0.1, -0.05) is 39.7 Å². The minimum Gasteiger partial charge on any atom is -0.248 e. The second-order valence-corrected chi connectivity index (χ2v) is 4.81. The van der Waals surface area contributed by atoms with Gasteiger partial charge < -0.3 is 0 Å². The van der Waals surface area contributed by atoms with E-state index in [-0.39, 0.29) is 0 Å². The number of rotatable bonds is 1. The fourth-order valence-corrected chi connectivity index (χ4v) is 1.91. The molecule has 0 radical (unpaired) electrons. The van der Waals surface area contributed by atoms with Crippen LogP contribution in [0.3, 0.4) is 0 Å². The van der Waals surface area contributed by atoms with E-state index in [2.05, 4.69) is 25.9 Å². The highest BCUT2D eigenvalue weighted by molar-refractivity contribution is 9.10. The van der Waals surface area contributed by atoms with Crippen molar-refractivity contribution in [3.05, 3.63) is 45.3 Å². The van der Waals surface area contributed by atoms with E-state index >= 15 is 0 Å². The Morgan fingerprint density at radius 1 is 1.00 bits per heavy atom. The zero-order valence-electron chi connectivity index (χ0n) is 8.96. The highest BCUT2D eigenvalue weighted by Crippen LogP contribution is 2.26. The number of nitrogens with zero attached hydrogens (tertiary/aromatic N) is 2. The van der Waals surface area contributed by atoms with Crippen LogP contribution in [-0.2, 0) is 0 Å². The maximum Gasteiger partial charge on any atom is 0.155 e. The molecule has 0 saturated heterocycles. The molecule has 0 saturated carbocycles. The second-order valence-electron chi connectivity index (χ2n) is 3.54. The molecular formula is C12H10BrClN2. The zero-order chi connectivity index (χ0) is 11.7. The van der Waals surface area contributed by atoms with Crippen molar-refractivity contribution in [1.29, 1.82) is 0 Å². The summed E-state index contributed by atoms with van der Waals surface area (Å²) < 4.78 is 1.03. The molecule has 0 aliphatic heterocycles. The molecule has 0 atom stereocenters. The second kappa shape index (κ2) is 4.52. The Morgan fingerprint density at radius 2 is 1.56 bits per heavy atom. The van der Waals surface area contributed by atoms with Crippen LogP contribution in [0, 0.1) is 13.8 Å². The number of halogens is 2. The zero-order valence-corrected chi connectivity index (χ0v) is 11.3. The summed E-state index contributed by atoms with van der Waals surface area (Å²) in [6, 6.07) is 7.86. The van der Waals surface area contributed by atoms with Gasteiger partial charge in [-0.15, -0.1) is 0 Å². The average Bonchev–Trinajstić information content (AvgIpc) is 2.25. The van der Waals surface area contributed by atoms with Crippen LogP contribution in [0.15, 0.2) is 28.7 Å². The molecule has 1 aromatic carbocycles. The minimum atomic E-state index is 0.449. The lowest BCUT2D eigenvalue weighted by atomic mass is 10.1. The fraction of sp³-hybridized carbons (Fsp3) is 0.167. The number of hydrogen-bond donors (Lipinski definition) is 0. The highest BCUT2D eigenvalue weighted by atomic mass is 79.9. The van der Waals surface area contributed by atoms with Crippen molar-refractivity contribution in [3.8, 4) is 11.3 Å². The van der Waals surface area contributed by atoms with Gasteiger partial charge in [-0.25, -0.2) is 9.97 Å². The van der Waals surface area contributed by atoms with Gasteiger partial charge in [0.25, 0.3) is 0 Å². The molecule has 82 valence electrons. The van der Waals surface area contributed by atoms with Crippen molar-refractivity contribution < 1.29 is 0 Å². The van der Waals surface area contributed by atoms with Crippen LogP contribution < -0.4 is 0 Å². The van der Waals surface area contributed by atoms with Gasteiger partial charge in [-0.05, 0) is 26.0 Å². The van der Waals surface area contributed by atoms with E-state index in [9.17, 15) is 0 Å². The first-order valence-electron chi connectivity index (χ1n) is 4.84. The molecule has 0 unspecified atom stereocenters. The van der Waals surface area contributed by atoms with E-state index in [0.29, 0.717) is 5.15 Å². The van der Waals surface area contributed by atoms with Crippen molar-refractivity contribution in [2.45, 2.75) is 13.8 Å². The first-order valence-corrected chi connectivity index (χ1v) is 6.01. The summed E-state index contributed by atoms with van der Waals surface area (Å²) in [5, 5.41) is 0.449. The quantitative estimate of drug-likeness (QED) is 0.789. The molecule has 0 spiro atoms. The minimum absolute atomic E-state index is 0.449. The van der Waals surface area contributed by atoms with Gasteiger partial charge in [0.15, 0.2) is 5.15 Å². The lowest BCUT2D eigenvalue weighted by Crippen LogP contribution is -1.96. The molecule has 0 aliphatic carbocycles. The Morgan fingerprint density at radius 3 is 2.19 bits per heavy atom. The summed E-state index contributed by atoms with van der Waals surface area (Å²) in [4.78, 5) is 8.73. The van der Waals surface area contributed by atoms with Crippen molar-refractivity contribution >= 4 is 27.5 Å². The van der Waals surface area contributed by atoms with Crippen molar-refractivity contribution in [2.75, 3.05) is 0 Å². The molecule has 0 amide bonds. The largest absolute Gasteiger partial charge is 0.248 e. The number of aryl methyl sites for hydroxylation is 2. The molecule has 2 nitrogen and oxygen atoms in total. The molecule has 0 aliphatic rings. The summed E-state index contributed by atoms with van der Waals surface area (Å²) >= 11 is 9.48. The van der Waals surface area contributed by atoms with Crippen LogP contribution >= 0.6 is 27.5 Å². The first kappa shape index (κ1) is 11.6. The van der Waals surface area contributed by atoms with Gasteiger partial charge in [0.05, 0.1) is 11.4 Å². The summed E-state index contributed by atoms with van der Waals surface area (Å²) in [6.45, 7) is 3.83. The van der Waals surface area contributed by atoms with Gasteiger partial charge >= 0.3 is 0 Å². The van der Waals surface area contributed by atoms with E-state index in [1.807, 2.05) is 38.1 Å². The third kappa shape index (κ3) is 2.25. The molecule has 1 heterocycles. The Labute approximate surface area is 108 Å². The topological polar surface area (TPSA) is 25.8 Å². The molecule has 2 aromatic rings. The van der Waals surface area contributed by atoms with E-state index in [1.54, 1.807) is 0 Å². The van der Waals surface area contributed by atoms with Crippen molar-refractivity contribution in [1.82, 2.24) is 9.97 Å². The van der Waals surface area contributed by atoms with Crippen LogP contribution in [0.4, 0.5) is 0 Å². The van der Waals surface area contributed by atoms with Crippen molar-refractivity contribution in [3.63, 3.8) is 0 Å². The lowest BCUT2D eigenvalue weighted by Gasteiger charge is -2.06. The number of aromatic nitrogens is 2. The lowest BCUT2D eigenvalue weighted by molar-refractivity contribution is 1.05. The predicted molar refractivity (Wildman–Crippen MR) is 69.7 cm³/mol. The van der Waals surface area contributed by atoms with Crippen LogP contribution in [0.5, 0.6) is 0 Å². The van der Waals surface area contributed by atoms with Gasteiger partial charge in [-0.2, -0.15) is 0 Å². The number of hydrogen-bond acceptors (Lipinski definition) is 2. The monoisotopic (exact) mass is 296 g/mol. The van der Waals surface area contributed by atoms with Gasteiger partial charge in [-0.3, -0.25) is 0 Å². The first-order chi connectivity index (χ1) is 7.58. The van der Waals surface area contributed by atoms with Crippen LogP contribution in [-0.4, -0.2) is 9.97 Å². The van der Waals surface area contributed by atoms with Crippen LogP contribution in [0.1, 0.15) is 11.4 Å². The van der Waals surface area contributed by atoms with E-state index < -0.39 is 0 Å². The molecule has 0 N–H and O–H groups in total. The van der Waals surface area contributed by atoms with Crippen molar-refractivity contribution in [2.24, 2.45) is 0 Å². The SMILES string of the molecule is Cc1nc(Cl)c(-c2ccc(Br)cc2)nc1C. The van der Waals surface area contributed by atoms with Gasteiger partial charge in [0, 0.05) is 10.0 Å². The van der Waals surface area contributed by atoms with E-state index in [4.69, 9.17) is 11.6 Å². The Bertz CT molecular complexity index is 523. The summed E-state index contributed by atoms with van der Waals surface area (Å²) in [5.74, 6) is 0. The van der Waals surface area contributed by atoms with Gasteiger partial charge in [0.1, 0.15) is 5.69 Å². The molecular weight excluding hydrogens is 288 g/mol. The average molecular weight is 298 g/mol. The maximum absolute atomic E-state index is 6.09. The normalized spacial score (nSPS) is 10.5. The third-order valence-electron chi connectivity index (χ3n) is 2.38. The molecule has 0 bridgehead atoms. The smallest absolute Gasteiger partial charge is 0.155 e. The molecule has 2 rings (SSSR count). The van der Waals surface area contributed by atoms with E-state index in [0.717, 1.165) is 27.1 Å². The maximum atomic E-state index is 6.09. The molecule has 0 fully saturated rings. The third-order valence-corrected chi connectivity index (χ3v) is 3.17. The fourth-order valence-electron chi connectivity index (χ4n) is 1.37. The Kier molecular flexibility index (Phi) is 3.26. The van der Waals surface area contributed by atoms with Crippen LogP contribution in [0.2, 0.25) is 5.15 Å². The molecule has 1 aromatic heterocycles. The van der Waals surface area contributed by atoms with Crippen LogP contribution in [0.25, 0.3) is 11.3 Å². The highest BCUT2D eigenvalue weighted by Gasteiger charge is 2.08. The summed E-state index contributed by atoms with van der Waals surface area (Å²) in [6.07, 6.45) is 0. The summed E-state index contributed by atoms with van der Waals surface area (Å²) in [7, 11) is 0. The molecule has 4 heteroatoms.